The smallest absolute Gasteiger partial charge is 0.181 e. The molecule has 0 bridgehead atoms. The molecule has 0 spiro atoms. The third-order valence-electron chi connectivity index (χ3n) is 0.0500. The molecule has 0 aliphatic carbocycles. The van der Waals surface area contributed by atoms with Gasteiger partial charge in [-0.25, -0.2) is 0 Å². The summed E-state index contributed by atoms with van der Waals surface area (Å²) in [5, 5.41) is 14.5. The molecule has 0 amide bonds. The molecule has 0 aromatic carbocycles. The van der Waals surface area contributed by atoms with Crippen LogP contribution in [-0.4, -0.2) is 8.41 Å². The summed E-state index contributed by atoms with van der Waals surface area (Å²) in [6, 6.07) is 2.47. The largest absolute Gasteiger partial charge is 0.181 e. The first kappa shape index (κ1) is 8.97. The molecule has 0 N–H and O–H groups in total. The third kappa shape index (κ3) is 1650. The maximum absolute atomic E-state index is 7.26. The van der Waals surface area contributed by atoms with Crippen molar-refractivity contribution in [3.63, 3.8) is 0 Å². The van der Waals surface area contributed by atoms with Crippen molar-refractivity contribution in [1.82, 2.24) is 0 Å². The molecule has 0 atom stereocenters. The Labute approximate surface area is 32.2 Å². The molecule has 3 heteroatoms. The molecular formula is C2BN2. The van der Waals surface area contributed by atoms with E-state index in [1.54, 1.807) is 0 Å². The molecule has 5 heavy (non-hydrogen) atoms. The van der Waals surface area contributed by atoms with Gasteiger partial charge >= 0.3 is 0 Å². The fourth-order valence-electron chi connectivity index (χ4n) is 0. The molecule has 0 aromatic heterocycles. The van der Waals surface area contributed by atoms with Crippen LogP contribution in [0.25, 0.3) is 0 Å². The van der Waals surface area contributed by atoms with Crippen LogP contribution in [0.15, 0.2) is 0 Å². The van der Waals surface area contributed by atoms with Gasteiger partial charge in [-0.05, 0) is 0 Å². The van der Waals surface area contributed by atoms with Gasteiger partial charge in [0.2, 0.25) is 0 Å². The standard InChI is InChI=1S/C2N2.B/c3-1-2-4;. The quantitative estimate of drug-likeness (QED) is 0.361. The van der Waals surface area contributed by atoms with E-state index in [4.69, 9.17) is 10.5 Å². The summed E-state index contributed by atoms with van der Waals surface area (Å²) in [5.41, 5.74) is 0. The van der Waals surface area contributed by atoms with Crippen LogP contribution in [0, 0.1) is 22.7 Å². The summed E-state index contributed by atoms with van der Waals surface area (Å²) in [6.45, 7) is 0. The van der Waals surface area contributed by atoms with Crippen molar-refractivity contribution >= 4 is 8.41 Å². The molecule has 3 radical (unpaired) electrons. The highest BCUT2D eigenvalue weighted by Crippen LogP contribution is 1.27. The predicted octanol–water partition coefficient (Wildman–Crippen LogP) is -0.347. The molecule has 0 saturated heterocycles. The zero-order chi connectivity index (χ0) is 3.41. The van der Waals surface area contributed by atoms with Gasteiger partial charge < -0.3 is 0 Å². The van der Waals surface area contributed by atoms with E-state index in [1.807, 2.05) is 0 Å². The van der Waals surface area contributed by atoms with Gasteiger partial charge in [0, 0.05) is 8.41 Å². The Balaban J connectivity index is 0. The van der Waals surface area contributed by atoms with Gasteiger partial charge in [-0.3, -0.25) is 0 Å². The molecule has 0 heterocycles. The van der Waals surface area contributed by atoms with Crippen molar-refractivity contribution in [2.75, 3.05) is 0 Å². The Morgan fingerprint density at radius 2 is 1.20 bits per heavy atom. The van der Waals surface area contributed by atoms with E-state index < -0.39 is 0 Å². The summed E-state index contributed by atoms with van der Waals surface area (Å²) in [4.78, 5) is 0. The summed E-state index contributed by atoms with van der Waals surface area (Å²) < 4.78 is 0. The normalized spacial score (nSPS) is 2.00. The highest BCUT2D eigenvalue weighted by atomic mass is 14.3. The van der Waals surface area contributed by atoms with Gasteiger partial charge in [-0.15, -0.1) is 0 Å². The van der Waals surface area contributed by atoms with E-state index in [9.17, 15) is 0 Å². The van der Waals surface area contributed by atoms with Crippen molar-refractivity contribution in [3.05, 3.63) is 0 Å². The number of nitriles is 2. The Kier molecular flexibility index (Phi) is 20.9. The molecule has 0 saturated carbocycles. The van der Waals surface area contributed by atoms with Crippen molar-refractivity contribution < 1.29 is 0 Å². The van der Waals surface area contributed by atoms with Gasteiger partial charge in [0.15, 0.2) is 12.1 Å². The zero-order valence-electron chi connectivity index (χ0n) is 2.47. The van der Waals surface area contributed by atoms with Crippen LogP contribution in [0.1, 0.15) is 0 Å². The fourth-order valence-corrected chi connectivity index (χ4v) is 0. The van der Waals surface area contributed by atoms with E-state index in [2.05, 4.69) is 0 Å². The lowest BCUT2D eigenvalue weighted by Crippen LogP contribution is -1.26. The van der Waals surface area contributed by atoms with Crippen molar-refractivity contribution in [3.8, 4) is 12.1 Å². The van der Waals surface area contributed by atoms with Crippen molar-refractivity contribution in [2.45, 2.75) is 0 Å². The average Bonchev–Trinajstić information content (AvgIpc) is 1.37. The number of hydrogen-bond donors (Lipinski definition) is 0. The molecule has 0 aliphatic rings. The number of rotatable bonds is 0. The van der Waals surface area contributed by atoms with E-state index in [1.165, 1.54) is 12.1 Å². The molecular weight excluding hydrogens is 62.8 g/mol. The zero-order valence-corrected chi connectivity index (χ0v) is 2.47. The van der Waals surface area contributed by atoms with Crippen LogP contribution < -0.4 is 0 Å². The molecule has 21 valence electrons. The maximum Gasteiger partial charge on any atom is 0.181 e. The molecule has 2 nitrogen and oxygen atoms in total. The predicted molar refractivity (Wildman–Crippen MR) is 17.0 cm³/mol. The van der Waals surface area contributed by atoms with Gasteiger partial charge in [0.1, 0.15) is 0 Å². The minimum absolute atomic E-state index is 0. The average molecular weight is 62.8 g/mol. The SMILES string of the molecule is N#CC#N.[B]. The lowest BCUT2D eigenvalue weighted by atomic mass is 10.8. The lowest BCUT2D eigenvalue weighted by Gasteiger charge is -1.16. The first-order chi connectivity index (χ1) is 1.91. The van der Waals surface area contributed by atoms with Crippen LogP contribution in [0.5, 0.6) is 0 Å². The summed E-state index contributed by atoms with van der Waals surface area (Å²) in [5.74, 6) is 0. The van der Waals surface area contributed by atoms with Crippen LogP contribution in [0.4, 0.5) is 0 Å². The van der Waals surface area contributed by atoms with Gasteiger partial charge in [0.05, 0.1) is 0 Å². The van der Waals surface area contributed by atoms with E-state index in [-0.39, 0.29) is 8.41 Å². The highest BCUT2D eigenvalue weighted by Gasteiger charge is 1.39. The topological polar surface area (TPSA) is 47.6 Å². The third-order valence-corrected chi connectivity index (χ3v) is 0.0500. The Morgan fingerprint density at radius 1 is 1.00 bits per heavy atom. The summed E-state index contributed by atoms with van der Waals surface area (Å²) in [6.07, 6.45) is 0. The number of nitrogens with zero attached hydrogens (tertiary/aromatic N) is 2. The first-order valence-electron chi connectivity index (χ1n) is 0.697. The second kappa shape index (κ2) is 11.7. The summed E-state index contributed by atoms with van der Waals surface area (Å²) >= 11 is 0. The van der Waals surface area contributed by atoms with E-state index in [0.29, 0.717) is 0 Å². The molecule has 0 rings (SSSR count). The van der Waals surface area contributed by atoms with Crippen LogP contribution in [0.2, 0.25) is 0 Å². The number of hydrogen-bond acceptors (Lipinski definition) is 2. The van der Waals surface area contributed by atoms with Crippen molar-refractivity contribution in [1.29, 1.82) is 10.5 Å². The Bertz CT molecular complexity index is 62.6. The molecule has 0 aliphatic heterocycles. The summed E-state index contributed by atoms with van der Waals surface area (Å²) in [7, 11) is 0. The first-order valence-corrected chi connectivity index (χ1v) is 0.697. The Morgan fingerprint density at radius 3 is 1.20 bits per heavy atom. The second-order valence-corrected chi connectivity index (χ2v) is 0.224. The van der Waals surface area contributed by atoms with Crippen LogP contribution >= 0.6 is 0 Å². The molecule has 0 aromatic rings. The van der Waals surface area contributed by atoms with E-state index in [0.717, 1.165) is 0 Å². The fraction of sp³-hybridized carbons (Fsp3) is 0. The lowest BCUT2D eigenvalue weighted by molar-refractivity contribution is 1.49. The van der Waals surface area contributed by atoms with Gasteiger partial charge in [-0.1, -0.05) is 0 Å². The van der Waals surface area contributed by atoms with Gasteiger partial charge in [-0.2, -0.15) is 10.5 Å². The molecule has 0 fully saturated rings. The van der Waals surface area contributed by atoms with E-state index >= 15 is 0 Å². The van der Waals surface area contributed by atoms with Crippen LogP contribution in [0.3, 0.4) is 0 Å². The Hall–Kier alpha value is -0.955. The monoisotopic (exact) mass is 63.0 g/mol. The second-order valence-electron chi connectivity index (χ2n) is 0.224. The highest BCUT2D eigenvalue weighted by molar-refractivity contribution is 5.75. The maximum atomic E-state index is 7.26. The molecule has 0 unspecified atom stereocenters. The minimum Gasteiger partial charge on any atom is -0.181 e. The minimum atomic E-state index is 0. The van der Waals surface area contributed by atoms with Crippen LogP contribution in [-0.2, 0) is 0 Å². The van der Waals surface area contributed by atoms with Gasteiger partial charge in [0.25, 0.3) is 0 Å². The van der Waals surface area contributed by atoms with Crippen molar-refractivity contribution in [2.24, 2.45) is 0 Å².